The summed E-state index contributed by atoms with van der Waals surface area (Å²) in [6.07, 6.45) is 3.13. The zero-order valence-corrected chi connectivity index (χ0v) is 20.2. The van der Waals surface area contributed by atoms with E-state index in [1.807, 2.05) is 18.2 Å². The van der Waals surface area contributed by atoms with Crippen LogP contribution in [0.4, 0.5) is 0 Å². The number of aryl methyl sites for hydroxylation is 2. The molecule has 2 aromatic heterocycles. The summed E-state index contributed by atoms with van der Waals surface area (Å²) in [5.41, 5.74) is 7.86. The lowest BCUT2D eigenvalue weighted by atomic mass is 10.0. The van der Waals surface area contributed by atoms with Crippen molar-refractivity contribution in [2.45, 2.75) is 13.0 Å². The Bertz CT molecular complexity index is 1600. The normalized spacial score (nSPS) is 11.1. The van der Waals surface area contributed by atoms with Crippen LogP contribution in [0.2, 0.25) is 0 Å². The second-order valence-electron chi connectivity index (χ2n) is 8.84. The highest BCUT2D eigenvalue weighted by Crippen LogP contribution is 2.36. The molecule has 0 N–H and O–H groups in total. The molecule has 0 saturated heterocycles. The number of rotatable bonds is 7. The summed E-state index contributed by atoms with van der Waals surface area (Å²) in [4.78, 5) is 5.25. The summed E-state index contributed by atoms with van der Waals surface area (Å²) in [5.74, 6) is 1.77. The van der Waals surface area contributed by atoms with Gasteiger partial charge in [-0.3, -0.25) is 4.40 Å². The molecule has 0 aliphatic rings. The number of benzene rings is 4. The molecule has 0 unspecified atom stereocenters. The van der Waals surface area contributed by atoms with Crippen LogP contribution in [-0.2, 0) is 13.0 Å². The van der Waals surface area contributed by atoms with Gasteiger partial charge < -0.3 is 9.30 Å². The largest absolute Gasteiger partial charge is 0.497 e. The molecule has 0 atom stereocenters. The van der Waals surface area contributed by atoms with Crippen molar-refractivity contribution in [1.82, 2.24) is 14.0 Å². The Labute approximate surface area is 211 Å². The first-order chi connectivity index (χ1) is 17.8. The Morgan fingerprint density at radius 2 is 1.33 bits per heavy atom. The highest BCUT2D eigenvalue weighted by atomic mass is 16.5. The van der Waals surface area contributed by atoms with Crippen LogP contribution in [0.25, 0.3) is 39.5 Å². The molecule has 0 saturated carbocycles. The average Bonchev–Trinajstić information content (AvgIpc) is 3.50. The number of ether oxygens (including phenoxy) is 1. The number of methoxy groups -OCH3 is 1. The lowest BCUT2D eigenvalue weighted by Gasteiger charge is -2.10. The minimum Gasteiger partial charge on any atom is -0.497 e. The zero-order chi connectivity index (χ0) is 24.3. The van der Waals surface area contributed by atoms with E-state index in [2.05, 4.69) is 112 Å². The summed E-state index contributed by atoms with van der Waals surface area (Å²) < 4.78 is 10.1. The van der Waals surface area contributed by atoms with Crippen molar-refractivity contribution in [3.63, 3.8) is 0 Å². The van der Waals surface area contributed by atoms with Crippen molar-refractivity contribution >= 4 is 5.78 Å². The predicted molar refractivity (Wildman–Crippen MR) is 146 cm³/mol. The molecule has 0 aliphatic carbocycles. The number of imidazole rings is 2. The van der Waals surface area contributed by atoms with Gasteiger partial charge in [-0.15, -0.1) is 0 Å². The van der Waals surface area contributed by atoms with Crippen LogP contribution in [0.1, 0.15) is 5.56 Å². The fourth-order valence-electron chi connectivity index (χ4n) is 4.82. The summed E-state index contributed by atoms with van der Waals surface area (Å²) in [7, 11) is 1.71. The van der Waals surface area contributed by atoms with Gasteiger partial charge in [0, 0.05) is 29.4 Å². The monoisotopic (exact) mass is 469 g/mol. The molecule has 2 heterocycles. The van der Waals surface area contributed by atoms with Crippen molar-refractivity contribution in [3.8, 4) is 39.5 Å². The van der Waals surface area contributed by atoms with E-state index in [0.717, 1.165) is 58.3 Å². The van der Waals surface area contributed by atoms with Gasteiger partial charge in [-0.2, -0.15) is 0 Å². The van der Waals surface area contributed by atoms with Crippen LogP contribution in [0.15, 0.2) is 121 Å². The number of nitrogens with zero attached hydrogens (tertiary/aromatic N) is 3. The van der Waals surface area contributed by atoms with Crippen LogP contribution in [-0.4, -0.2) is 21.1 Å². The van der Waals surface area contributed by atoms with Gasteiger partial charge in [0.15, 0.2) is 0 Å². The fourth-order valence-corrected chi connectivity index (χ4v) is 4.82. The number of aromatic nitrogens is 3. The molecule has 36 heavy (non-hydrogen) atoms. The van der Waals surface area contributed by atoms with Crippen LogP contribution >= 0.6 is 0 Å². The standard InChI is InChI=1S/C32H27N3O/c1-36-28-19-11-18-27(22-28)29-23-35-31(26-16-9-4-10-17-26)30(25-14-7-3-8-15-25)33-32(35)34(29)21-20-24-12-5-2-6-13-24/h2-19,22-23H,20-21H2,1H3. The molecule has 0 amide bonds. The highest BCUT2D eigenvalue weighted by Gasteiger charge is 2.21. The number of hydrogen-bond donors (Lipinski definition) is 0. The Hall–Kier alpha value is -4.57. The van der Waals surface area contributed by atoms with E-state index in [0.29, 0.717) is 0 Å². The predicted octanol–water partition coefficient (Wildman–Crippen LogP) is 7.39. The molecule has 0 spiro atoms. The summed E-state index contributed by atoms with van der Waals surface area (Å²) >= 11 is 0. The van der Waals surface area contributed by atoms with Gasteiger partial charge in [-0.1, -0.05) is 103 Å². The first kappa shape index (κ1) is 21.9. The van der Waals surface area contributed by atoms with Crippen molar-refractivity contribution in [1.29, 1.82) is 0 Å². The van der Waals surface area contributed by atoms with Gasteiger partial charge in [0.05, 0.1) is 24.2 Å². The molecule has 6 rings (SSSR count). The van der Waals surface area contributed by atoms with E-state index in [-0.39, 0.29) is 0 Å². The summed E-state index contributed by atoms with van der Waals surface area (Å²) in [6.45, 7) is 0.812. The molecule has 6 aromatic rings. The zero-order valence-electron chi connectivity index (χ0n) is 20.2. The van der Waals surface area contributed by atoms with Gasteiger partial charge in [0.2, 0.25) is 5.78 Å². The van der Waals surface area contributed by atoms with E-state index in [1.165, 1.54) is 5.56 Å². The lowest BCUT2D eigenvalue weighted by Crippen LogP contribution is -2.04. The van der Waals surface area contributed by atoms with Crippen LogP contribution in [0.5, 0.6) is 5.75 Å². The smallest absolute Gasteiger partial charge is 0.215 e. The third-order valence-electron chi connectivity index (χ3n) is 6.60. The van der Waals surface area contributed by atoms with Gasteiger partial charge in [-0.25, -0.2) is 4.98 Å². The molecule has 4 nitrogen and oxygen atoms in total. The van der Waals surface area contributed by atoms with Crippen LogP contribution in [0.3, 0.4) is 0 Å². The molecule has 0 fully saturated rings. The Kier molecular flexibility index (Phi) is 5.84. The van der Waals surface area contributed by atoms with Crippen molar-refractivity contribution < 1.29 is 4.74 Å². The SMILES string of the molecule is COc1cccc(-c2cn3c(-c4ccccc4)c(-c4ccccc4)nc3n2CCc2ccccc2)c1. The Balaban J connectivity index is 1.59. The van der Waals surface area contributed by atoms with Crippen molar-refractivity contribution in [2.24, 2.45) is 0 Å². The van der Waals surface area contributed by atoms with E-state index >= 15 is 0 Å². The molecule has 4 heteroatoms. The fraction of sp³-hybridized carbons (Fsp3) is 0.0938. The van der Waals surface area contributed by atoms with E-state index in [9.17, 15) is 0 Å². The van der Waals surface area contributed by atoms with Gasteiger partial charge in [0.1, 0.15) is 5.75 Å². The van der Waals surface area contributed by atoms with Gasteiger partial charge >= 0.3 is 0 Å². The Morgan fingerprint density at radius 1 is 0.694 bits per heavy atom. The third kappa shape index (κ3) is 4.07. The van der Waals surface area contributed by atoms with E-state index in [1.54, 1.807) is 7.11 Å². The maximum absolute atomic E-state index is 5.54. The van der Waals surface area contributed by atoms with Gasteiger partial charge in [-0.05, 0) is 24.1 Å². The molecular formula is C32H27N3O. The molecule has 0 radical (unpaired) electrons. The van der Waals surface area contributed by atoms with Gasteiger partial charge in [0.25, 0.3) is 0 Å². The second kappa shape index (κ2) is 9.59. The molecular weight excluding hydrogens is 442 g/mol. The summed E-state index contributed by atoms with van der Waals surface area (Å²) in [6, 6.07) is 39.8. The molecule has 176 valence electrons. The Morgan fingerprint density at radius 3 is 2.03 bits per heavy atom. The van der Waals surface area contributed by atoms with Crippen molar-refractivity contribution in [2.75, 3.05) is 7.11 Å². The van der Waals surface area contributed by atoms with E-state index in [4.69, 9.17) is 9.72 Å². The number of hydrogen-bond acceptors (Lipinski definition) is 2. The highest BCUT2D eigenvalue weighted by molar-refractivity contribution is 5.82. The first-order valence-corrected chi connectivity index (χ1v) is 12.2. The van der Waals surface area contributed by atoms with Crippen molar-refractivity contribution in [3.05, 3.63) is 127 Å². The van der Waals surface area contributed by atoms with Crippen LogP contribution in [0, 0.1) is 0 Å². The maximum atomic E-state index is 5.54. The molecule has 0 aliphatic heterocycles. The summed E-state index contributed by atoms with van der Waals surface area (Å²) in [5, 5.41) is 0. The minimum atomic E-state index is 0.812. The maximum Gasteiger partial charge on any atom is 0.215 e. The van der Waals surface area contributed by atoms with E-state index < -0.39 is 0 Å². The second-order valence-corrected chi connectivity index (χ2v) is 8.84. The lowest BCUT2D eigenvalue weighted by molar-refractivity contribution is 0.415. The molecule has 4 aromatic carbocycles. The quantitative estimate of drug-likeness (QED) is 0.244. The average molecular weight is 470 g/mol. The first-order valence-electron chi connectivity index (χ1n) is 12.2. The number of fused-ring (bicyclic) bond motifs is 1. The minimum absolute atomic E-state index is 0.812. The molecule has 0 bridgehead atoms. The van der Waals surface area contributed by atoms with Crippen LogP contribution < -0.4 is 4.74 Å². The third-order valence-corrected chi connectivity index (χ3v) is 6.60. The topological polar surface area (TPSA) is 31.5 Å².